The number of hydrogen-bond donors (Lipinski definition) is 1. The van der Waals surface area contributed by atoms with E-state index in [-0.39, 0.29) is 17.4 Å². The molecule has 0 saturated carbocycles. The maximum absolute atomic E-state index is 13.2. The number of amides is 1. The van der Waals surface area contributed by atoms with E-state index < -0.39 is 0 Å². The topological polar surface area (TPSA) is 72.2 Å². The van der Waals surface area contributed by atoms with Gasteiger partial charge in [0.2, 0.25) is 0 Å². The summed E-state index contributed by atoms with van der Waals surface area (Å²) in [7, 11) is 0. The van der Waals surface area contributed by atoms with Crippen LogP contribution in [0.25, 0.3) is 5.78 Å². The van der Waals surface area contributed by atoms with Gasteiger partial charge in [-0.25, -0.2) is 13.9 Å². The Labute approximate surface area is 119 Å². The Morgan fingerprint density at radius 1 is 1.38 bits per heavy atom. The van der Waals surface area contributed by atoms with Crippen LogP contribution in [0.15, 0.2) is 36.8 Å². The van der Waals surface area contributed by atoms with E-state index in [1.165, 1.54) is 16.9 Å². The van der Waals surface area contributed by atoms with Gasteiger partial charge in [-0.05, 0) is 30.2 Å². The number of halogens is 1. The van der Waals surface area contributed by atoms with Gasteiger partial charge in [0.25, 0.3) is 11.7 Å². The van der Waals surface area contributed by atoms with Gasteiger partial charge in [0.1, 0.15) is 17.8 Å². The first-order chi connectivity index (χ1) is 10.1. The number of rotatable bonds is 3. The minimum atomic E-state index is -0.317. The quantitative estimate of drug-likeness (QED) is 0.791. The van der Waals surface area contributed by atoms with Gasteiger partial charge in [-0.15, -0.1) is 0 Å². The molecule has 0 aliphatic rings. The van der Waals surface area contributed by atoms with E-state index in [1.54, 1.807) is 31.3 Å². The molecule has 21 heavy (non-hydrogen) atoms. The zero-order valence-electron chi connectivity index (χ0n) is 11.2. The third-order valence-electron chi connectivity index (χ3n) is 3.06. The van der Waals surface area contributed by atoms with Crippen molar-refractivity contribution in [2.45, 2.75) is 13.5 Å². The molecule has 106 valence electrons. The summed E-state index contributed by atoms with van der Waals surface area (Å²) in [5.41, 5.74) is 1.63. The highest BCUT2D eigenvalue weighted by Gasteiger charge is 2.09. The number of nitrogens with zero attached hydrogens (tertiary/aromatic N) is 4. The Morgan fingerprint density at radius 2 is 2.24 bits per heavy atom. The smallest absolute Gasteiger partial charge is 0.270 e. The van der Waals surface area contributed by atoms with E-state index in [1.807, 2.05) is 0 Å². The summed E-state index contributed by atoms with van der Waals surface area (Å²) in [6.07, 6.45) is 2.98. The highest BCUT2D eigenvalue weighted by atomic mass is 19.1. The maximum Gasteiger partial charge on any atom is 0.270 e. The lowest BCUT2D eigenvalue weighted by atomic mass is 10.1. The number of aryl methyl sites for hydroxylation is 1. The average Bonchev–Trinajstić information content (AvgIpc) is 2.95. The molecular weight excluding hydrogens is 273 g/mol. The van der Waals surface area contributed by atoms with Crippen molar-refractivity contribution < 1.29 is 9.18 Å². The standard InChI is InChI=1S/C14H12FN5O/c1-9-6-10(2-3-11(9)15)7-16-13(21)12-4-5-20-14(19-12)17-8-18-20/h2-6,8H,7H2,1H3,(H,16,21). The lowest BCUT2D eigenvalue weighted by molar-refractivity contribution is 0.0946. The van der Waals surface area contributed by atoms with Crippen molar-refractivity contribution in [1.29, 1.82) is 0 Å². The summed E-state index contributed by atoms with van der Waals surface area (Å²) >= 11 is 0. The Kier molecular flexibility index (Phi) is 3.31. The number of aromatic nitrogens is 4. The molecule has 0 spiro atoms. The number of fused-ring (bicyclic) bond motifs is 1. The van der Waals surface area contributed by atoms with Crippen LogP contribution >= 0.6 is 0 Å². The van der Waals surface area contributed by atoms with Crippen molar-refractivity contribution in [3.05, 3.63) is 59.4 Å². The van der Waals surface area contributed by atoms with Gasteiger partial charge in [-0.2, -0.15) is 10.1 Å². The Hall–Kier alpha value is -2.83. The fourth-order valence-electron chi connectivity index (χ4n) is 1.93. The second kappa shape index (κ2) is 5.28. The second-order valence-electron chi connectivity index (χ2n) is 4.58. The molecule has 0 bridgehead atoms. The SMILES string of the molecule is Cc1cc(CNC(=O)c2ccn3ncnc3n2)ccc1F. The molecule has 0 aliphatic heterocycles. The summed E-state index contributed by atoms with van der Waals surface area (Å²) < 4.78 is 14.6. The van der Waals surface area contributed by atoms with Crippen molar-refractivity contribution in [1.82, 2.24) is 24.9 Å². The number of hydrogen-bond acceptors (Lipinski definition) is 4. The molecule has 0 saturated heterocycles. The monoisotopic (exact) mass is 285 g/mol. The molecule has 1 aromatic carbocycles. The average molecular weight is 285 g/mol. The van der Waals surface area contributed by atoms with Crippen LogP contribution < -0.4 is 5.32 Å². The largest absolute Gasteiger partial charge is 0.347 e. The minimum absolute atomic E-state index is 0.259. The Morgan fingerprint density at radius 3 is 3.05 bits per heavy atom. The molecule has 3 aromatic rings. The summed E-state index contributed by atoms with van der Waals surface area (Å²) in [6, 6.07) is 6.28. The van der Waals surface area contributed by atoms with Crippen LogP contribution in [0.2, 0.25) is 0 Å². The van der Waals surface area contributed by atoms with E-state index >= 15 is 0 Å². The molecule has 0 aliphatic carbocycles. The Bertz CT molecular complexity index is 814. The zero-order chi connectivity index (χ0) is 14.8. The van der Waals surface area contributed by atoms with Crippen molar-refractivity contribution in [2.75, 3.05) is 0 Å². The first kappa shape index (κ1) is 13.2. The van der Waals surface area contributed by atoms with Gasteiger partial charge in [-0.1, -0.05) is 12.1 Å². The van der Waals surface area contributed by atoms with Crippen LogP contribution in [0, 0.1) is 12.7 Å². The third kappa shape index (κ3) is 2.71. The highest BCUT2D eigenvalue weighted by molar-refractivity contribution is 5.92. The Balaban J connectivity index is 1.72. The van der Waals surface area contributed by atoms with Crippen LogP contribution in [0.3, 0.4) is 0 Å². The predicted octanol–water partition coefficient (Wildman–Crippen LogP) is 1.50. The number of carbonyl (C=O) groups is 1. The molecule has 2 aromatic heterocycles. The normalized spacial score (nSPS) is 10.8. The third-order valence-corrected chi connectivity index (χ3v) is 3.06. The molecule has 7 heteroatoms. The van der Waals surface area contributed by atoms with Gasteiger partial charge < -0.3 is 5.32 Å². The van der Waals surface area contributed by atoms with Crippen LogP contribution in [0.4, 0.5) is 4.39 Å². The van der Waals surface area contributed by atoms with Crippen molar-refractivity contribution in [2.24, 2.45) is 0 Å². The fraction of sp³-hybridized carbons (Fsp3) is 0.143. The molecule has 3 rings (SSSR count). The number of carbonyl (C=O) groups excluding carboxylic acids is 1. The van der Waals surface area contributed by atoms with Gasteiger partial charge in [0.15, 0.2) is 0 Å². The van der Waals surface area contributed by atoms with Crippen molar-refractivity contribution in [3.8, 4) is 0 Å². The van der Waals surface area contributed by atoms with E-state index in [2.05, 4.69) is 20.4 Å². The lowest BCUT2D eigenvalue weighted by Gasteiger charge is -2.06. The molecule has 0 atom stereocenters. The lowest BCUT2D eigenvalue weighted by Crippen LogP contribution is -2.24. The highest BCUT2D eigenvalue weighted by Crippen LogP contribution is 2.09. The van der Waals surface area contributed by atoms with Crippen LogP contribution in [0.5, 0.6) is 0 Å². The summed E-state index contributed by atoms with van der Waals surface area (Å²) in [4.78, 5) is 20.0. The molecule has 0 radical (unpaired) electrons. The molecule has 2 heterocycles. The molecule has 1 N–H and O–H groups in total. The van der Waals surface area contributed by atoms with E-state index in [0.717, 1.165) is 5.56 Å². The van der Waals surface area contributed by atoms with E-state index in [0.29, 0.717) is 17.9 Å². The van der Waals surface area contributed by atoms with Crippen molar-refractivity contribution in [3.63, 3.8) is 0 Å². The van der Waals surface area contributed by atoms with Crippen molar-refractivity contribution >= 4 is 11.7 Å². The van der Waals surface area contributed by atoms with Crippen LogP contribution in [-0.4, -0.2) is 25.5 Å². The summed E-state index contributed by atoms with van der Waals surface area (Å²) in [5, 5.41) is 6.64. The molecule has 1 amide bonds. The van der Waals surface area contributed by atoms with Gasteiger partial charge in [-0.3, -0.25) is 4.79 Å². The molecule has 6 nitrogen and oxygen atoms in total. The van der Waals surface area contributed by atoms with Gasteiger partial charge in [0, 0.05) is 12.7 Å². The fourth-order valence-corrected chi connectivity index (χ4v) is 1.93. The van der Waals surface area contributed by atoms with Crippen LogP contribution in [0.1, 0.15) is 21.6 Å². The predicted molar refractivity (Wildman–Crippen MR) is 73.1 cm³/mol. The maximum atomic E-state index is 13.2. The first-order valence-corrected chi connectivity index (χ1v) is 6.33. The molecule has 0 fully saturated rings. The van der Waals surface area contributed by atoms with Gasteiger partial charge in [0.05, 0.1) is 0 Å². The second-order valence-corrected chi connectivity index (χ2v) is 4.58. The summed E-state index contributed by atoms with van der Waals surface area (Å²) in [6.45, 7) is 1.99. The molecule has 0 unspecified atom stereocenters. The minimum Gasteiger partial charge on any atom is -0.347 e. The summed E-state index contributed by atoms with van der Waals surface area (Å²) in [5.74, 6) is -0.216. The van der Waals surface area contributed by atoms with Crippen LogP contribution in [-0.2, 0) is 6.54 Å². The first-order valence-electron chi connectivity index (χ1n) is 6.33. The van der Waals surface area contributed by atoms with E-state index in [9.17, 15) is 9.18 Å². The van der Waals surface area contributed by atoms with Gasteiger partial charge >= 0.3 is 0 Å². The molecular formula is C14H12FN5O. The number of benzene rings is 1. The zero-order valence-corrected chi connectivity index (χ0v) is 11.2. The number of nitrogens with one attached hydrogen (secondary N) is 1. The van der Waals surface area contributed by atoms with E-state index in [4.69, 9.17) is 0 Å².